The second-order valence-electron chi connectivity index (χ2n) is 4.45. The summed E-state index contributed by atoms with van der Waals surface area (Å²) in [7, 11) is 0. The number of anilines is 1. The minimum atomic E-state index is -0.567. The molecule has 0 spiro atoms. The van der Waals surface area contributed by atoms with Crippen LogP contribution >= 0.6 is 23.3 Å². The van der Waals surface area contributed by atoms with E-state index in [0.29, 0.717) is 21.7 Å². The van der Waals surface area contributed by atoms with Gasteiger partial charge in [0.05, 0.1) is 28.5 Å². The van der Waals surface area contributed by atoms with Crippen molar-refractivity contribution >= 4 is 46.0 Å². The first-order valence-electron chi connectivity index (χ1n) is 6.01. The van der Waals surface area contributed by atoms with Crippen LogP contribution in [0.2, 0.25) is 5.02 Å². The van der Waals surface area contributed by atoms with Gasteiger partial charge in [0.2, 0.25) is 5.91 Å². The maximum atomic E-state index is 12.1. The molecule has 5 nitrogen and oxygen atoms in total. The smallest absolute Gasteiger partial charge is 0.241 e. The summed E-state index contributed by atoms with van der Waals surface area (Å²) >= 11 is 7.18. The molecular formula is C12H15ClN4OS. The number of nitrogens with two attached hydrogens (primary N) is 1. The van der Waals surface area contributed by atoms with Gasteiger partial charge in [0.15, 0.2) is 0 Å². The van der Waals surface area contributed by atoms with Gasteiger partial charge in [-0.2, -0.15) is 8.75 Å². The largest absolute Gasteiger partial charge is 0.322 e. The van der Waals surface area contributed by atoms with E-state index in [0.717, 1.165) is 18.1 Å². The van der Waals surface area contributed by atoms with E-state index in [1.54, 1.807) is 12.1 Å². The molecule has 19 heavy (non-hydrogen) atoms. The summed E-state index contributed by atoms with van der Waals surface area (Å²) in [5, 5.41) is 3.20. The number of benzene rings is 1. The number of fused-ring (bicyclic) bond motifs is 1. The maximum absolute atomic E-state index is 12.1. The Hall–Kier alpha value is -1.24. The predicted octanol–water partition coefficient (Wildman–Crippen LogP) is 2.66. The van der Waals surface area contributed by atoms with Crippen LogP contribution < -0.4 is 11.1 Å². The van der Waals surface area contributed by atoms with Gasteiger partial charge in [-0.05, 0) is 18.1 Å². The monoisotopic (exact) mass is 298 g/mol. The molecular weight excluding hydrogens is 284 g/mol. The second kappa shape index (κ2) is 5.81. The quantitative estimate of drug-likeness (QED) is 0.909. The zero-order chi connectivity index (χ0) is 14.0. The molecule has 1 amide bonds. The molecule has 2 unspecified atom stereocenters. The molecule has 0 aliphatic rings. The zero-order valence-electron chi connectivity index (χ0n) is 10.7. The molecule has 3 N–H and O–H groups in total. The van der Waals surface area contributed by atoms with Gasteiger partial charge in [-0.1, -0.05) is 31.9 Å². The number of carbonyl (C=O) groups excluding carboxylic acids is 1. The van der Waals surface area contributed by atoms with E-state index in [4.69, 9.17) is 17.3 Å². The molecule has 1 heterocycles. The van der Waals surface area contributed by atoms with Gasteiger partial charge in [0.25, 0.3) is 0 Å². The standard InChI is InChI=1S/C12H15ClN4OS/c1-3-6(2)9(14)12(18)15-10-7(13)4-5-8-11(10)17-19-16-8/h4-6,9H,3,14H2,1-2H3,(H,15,18). The average Bonchev–Trinajstić information content (AvgIpc) is 2.88. The SMILES string of the molecule is CCC(C)C(N)C(=O)Nc1c(Cl)ccc2nsnc12. The Kier molecular flexibility index (Phi) is 4.34. The van der Waals surface area contributed by atoms with E-state index in [9.17, 15) is 4.79 Å². The van der Waals surface area contributed by atoms with Crippen LogP contribution in [0.1, 0.15) is 20.3 Å². The highest BCUT2D eigenvalue weighted by atomic mass is 35.5. The van der Waals surface area contributed by atoms with Crippen molar-refractivity contribution in [1.29, 1.82) is 0 Å². The molecule has 2 aromatic rings. The lowest BCUT2D eigenvalue weighted by atomic mass is 9.99. The number of hydrogen-bond donors (Lipinski definition) is 2. The topological polar surface area (TPSA) is 80.9 Å². The van der Waals surface area contributed by atoms with Crippen LogP contribution in [0, 0.1) is 5.92 Å². The van der Waals surface area contributed by atoms with E-state index in [1.807, 2.05) is 13.8 Å². The molecule has 2 rings (SSSR count). The maximum Gasteiger partial charge on any atom is 0.241 e. The Labute approximate surface area is 120 Å². The molecule has 2 atom stereocenters. The molecule has 1 aromatic carbocycles. The van der Waals surface area contributed by atoms with Crippen LogP contribution in [-0.2, 0) is 4.79 Å². The van der Waals surface area contributed by atoms with E-state index in [2.05, 4.69) is 14.1 Å². The lowest BCUT2D eigenvalue weighted by Crippen LogP contribution is -2.40. The zero-order valence-corrected chi connectivity index (χ0v) is 12.3. The summed E-state index contributed by atoms with van der Waals surface area (Å²) in [5.41, 5.74) is 7.69. The van der Waals surface area contributed by atoms with Crippen LogP contribution in [0.4, 0.5) is 5.69 Å². The van der Waals surface area contributed by atoms with Crippen molar-refractivity contribution in [2.24, 2.45) is 11.7 Å². The first kappa shape index (κ1) is 14.2. The molecule has 0 bridgehead atoms. The average molecular weight is 299 g/mol. The molecule has 0 aliphatic heterocycles. The fourth-order valence-electron chi connectivity index (χ4n) is 1.66. The van der Waals surface area contributed by atoms with E-state index in [1.165, 1.54) is 0 Å². The Morgan fingerprint density at radius 3 is 2.95 bits per heavy atom. The van der Waals surface area contributed by atoms with Crippen LogP contribution in [0.15, 0.2) is 12.1 Å². The number of nitrogens with one attached hydrogen (secondary N) is 1. The number of halogens is 1. The van der Waals surface area contributed by atoms with Crippen molar-refractivity contribution in [1.82, 2.24) is 8.75 Å². The second-order valence-corrected chi connectivity index (χ2v) is 5.39. The summed E-state index contributed by atoms with van der Waals surface area (Å²) in [6, 6.07) is 2.89. The summed E-state index contributed by atoms with van der Waals surface area (Å²) in [6.07, 6.45) is 0.838. The van der Waals surface area contributed by atoms with Crippen molar-refractivity contribution in [3.63, 3.8) is 0 Å². The lowest BCUT2D eigenvalue weighted by molar-refractivity contribution is -0.118. The number of carbonyl (C=O) groups is 1. The van der Waals surface area contributed by atoms with E-state index >= 15 is 0 Å². The number of hydrogen-bond acceptors (Lipinski definition) is 5. The van der Waals surface area contributed by atoms with Crippen LogP contribution in [0.3, 0.4) is 0 Å². The Balaban J connectivity index is 2.28. The summed E-state index contributed by atoms with van der Waals surface area (Å²) in [6.45, 7) is 3.94. The van der Waals surface area contributed by atoms with E-state index < -0.39 is 6.04 Å². The normalized spacial score (nSPS) is 14.3. The first-order chi connectivity index (χ1) is 9.04. The highest BCUT2D eigenvalue weighted by molar-refractivity contribution is 7.00. The predicted molar refractivity (Wildman–Crippen MR) is 78.5 cm³/mol. The van der Waals surface area contributed by atoms with Crippen molar-refractivity contribution < 1.29 is 4.79 Å². The van der Waals surface area contributed by atoms with Gasteiger partial charge >= 0.3 is 0 Å². The van der Waals surface area contributed by atoms with Gasteiger partial charge in [-0.3, -0.25) is 4.79 Å². The van der Waals surface area contributed by atoms with E-state index in [-0.39, 0.29) is 11.8 Å². The number of nitrogens with zero attached hydrogens (tertiary/aromatic N) is 2. The molecule has 0 aliphatic carbocycles. The third kappa shape index (κ3) is 2.86. The number of aromatic nitrogens is 2. The Morgan fingerprint density at radius 1 is 1.53 bits per heavy atom. The van der Waals surface area contributed by atoms with Gasteiger partial charge < -0.3 is 11.1 Å². The molecule has 0 radical (unpaired) electrons. The first-order valence-corrected chi connectivity index (χ1v) is 7.12. The minimum absolute atomic E-state index is 0.103. The molecule has 0 saturated carbocycles. The lowest BCUT2D eigenvalue weighted by Gasteiger charge is -2.18. The van der Waals surface area contributed by atoms with Crippen molar-refractivity contribution in [2.75, 3.05) is 5.32 Å². The van der Waals surface area contributed by atoms with Gasteiger partial charge in [0, 0.05) is 0 Å². The highest BCUT2D eigenvalue weighted by Gasteiger charge is 2.21. The summed E-state index contributed by atoms with van der Waals surface area (Å²) < 4.78 is 8.26. The van der Waals surface area contributed by atoms with Gasteiger partial charge in [-0.15, -0.1) is 0 Å². The van der Waals surface area contributed by atoms with Crippen LogP contribution in [-0.4, -0.2) is 20.7 Å². The molecule has 0 fully saturated rings. The minimum Gasteiger partial charge on any atom is -0.322 e. The third-order valence-corrected chi connectivity index (χ3v) is 4.04. The van der Waals surface area contributed by atoms with Crippen LogP contribution in [0.5, 0.6) is 0 Å². The van der Waals surface area contributed by atoms with Gasteiger partial charge in [0.1, 0.15) is 11.0 Å². The fourth-order valence-corrected chi connectivity index (χ4v) is 2.41. The highest BCUT2D eigenvalue weighted by Crippen LogP contribution is 2.30. The van der Waals surface area contributed by atoms with Crippen molar-refractivity contribution in [3.8, 4) is 0 Å². The van der Waals surface area contributed by atoms with Crippen molar-refractivity contribution in [3.05, 3.63) is 17.2 Å². The Bertz CT molecular complexity index is 600. The van der Waals surface area contributed by atoms with Crippen molar-refractivity contribution in [2.45, 2.75) is 26.3 Å². The van der Waals surface area contributed by atoms with Crippen LogP contribution in [0.25, 0.3) is 11.0 Å². The van der Waals surface area contributed by atoms with Gasteiger partial charge in [-0.25, -0.2) is 0 Å². The summed E-state index contributed by atoms with van der Waals surface area (Å²) in [4.78, 5) is 12.1. The molecule has 102 valence electrons. The fraction of sp³-hybridized carbons (Fsp3) is 0.417. The Morgan fingerprint density at radius 2 is 2.26 bits per heavy atom. The molecule has 7 heteroatoms. The molecule has 0 saturated heterocycles. The third-order valence-electron chi connectivity index (χ3n) is 3.19. The number of amides is 1. The number of rotatable bonds is 4. The summed E-state index contributed by atoms with van der Waals surface area (Å²) in [5.74, 6) is -0.150. The molecule has 1 aromatic heterocycles.